The van der Waals surface area contributed by atoms with E-state index in [9.17, 15) is 8.78 Å². The maximum Gasteiger partial charge on any atom is 0.387 e. The predicted molar refractivity (Wildman–Crippen MR) is 79.2 cm³/mol. The number of hydrogen-bond donors (Lipinski definition) is 0. The SMILES string of the molecule is FC(F)Oc1cccc([C@H]2CN(Cc3nccs3)CCO2)c1. The zero-order valence-corrected chi connectivity index (χ0v) is 12.6. The number of thiazole rings is 1. The third-order valence-corrected chi connectivity index (χ3v) is 4.21. The Morgan fingerprint density at radius 3 is 3.14 bits per heavy atom. The predicted octanol–water partition coefficient (Wildman–Crippen LogP) is 3.32. The molecule has 2 aromatic rings. The molecule has 0 saturated carbocycles. The van der Waals surface area contributed by atoms with Gasteiger partial charge >= 0.3 is 6.61 Å². The fourth-order valence-corrected chi connectivity index (χ4v) is 3.12. The van der Waals surface area contributed by atoms with Gasteiger partial charge in [-0.15, -0.1) is 11.3 Å². The maximum atomic E-state index is 12.3. The number of ether oxygens (including phenoxy) is 2. The highest BCUT2D eigenvalue weighted by atomic mass is 32.1. The summed E-state index contributed by atoms with van der Waals surface area (Å²) in [7, 11) is 0. The molecule has 22 heavy (non-hydrogen) atoms. The summed E-state index contributed by atoms with van der Waals surface area (Å²) in [6.45, 7) is 0.116. The van der Waals surface area contributed by atoms with Gasteiger partial charge in [-0.2, -0.15) is 8.78 Å². The average Bonchev–Trinajstić information content (AvgIpc) is 3.00. The average molecular weight is 326 g/mol. The van der Waals surface area contributed by atoms with E-state index >= 15 is 0 Å². The molecule has 0 radical (unpaired) electrons. The van der Waals surface area contributed by atoms with Crippen molar-refractivity contribution in [2.24, 2.45) is 0 Å². The van der Waals surface area contributed by atoms with Gasteiger partial charge in [-0.25, -0.2) is 4.98 Å². The minimum absolute atomic E-state index is 0.144. The molecule has 1 aliphatic heterocycles. The molecular formula is C15H16F2N2O2S. The fourth-order valence-electron chi connectivity index (χ4n) is 2.46. The molecule has 2 heterocycles. The smallest absolute Gasteiger partial charge is 0.387 e. The van der Waals surface area contributed by atoms with Gasteiger partial charge in [0, 0.05) is 24.7 Å². The van der Waals surface area contributed by atoms with Crippen molar-refractivity contribution in [3.63, 3.8) is 0 Å². The lowest BCUT2D eigenvalue weighted by Crippen LogP contribution is -2.37. The lowest BCUT2D eigenvalue weighted by molar-refractivity contribution is -0.0509. The van der Waals surface area contributed by atoms with Gasteiger partial charge in [-0.3, -0.25) is 4.90 Å². The molecule has 7 heteroatoms. The van der Waals surface area contributed by atoms with Crippen molar-refractivity contribution in [3.8, 4) is 5.75 Å². The Kier molecular flexibility index (Phi) is 4.97. The zero-order valence-electron chi connectivity index (χ0n) is 11.8. The van der Waals surface area contributed by atoms with Crippen LogP contribution in [0, 0.1) is 0 Å². The Morgan fingerprint density at radius 2 is 2.36 bits per heavy atom. The number of aromatic nitrogens is 1. The van der Waals surface area contributed by atoms with E-state index in [-0.39, 0.29) is 11.9 Å². The number of nitrogens with zero attached hydrogens (tertiary/aromatic N) is 2. The summed E-state index contributed by atoms with van der Waals surface area (Å²) in [6, 6.07) is 6.71. The highest BCUT2D eigenvalue weighted by molar-refractivity contribution is 7.09. The standard InChI is InChI=1S/C15H16F2N2O2S/c16-15(17)21-12-3-1-2-11(8-12)13-9-19(5-6-20-13)10-14-18-4-7-22-14/h1-4,7-8,13,15H,5-6,9-10H2/t13-/m1/s1. The normalized spacial score (nSPS) is 19.5. The van der Waals surface area contributed by atoms with E-state index in [0.29, 0.717) is 13.2 Å². The number of rotatable bonds is 5. The van der Waals surface area contributed by atoms with E-state index < -0.39 is 6.61 Å². The Bertz CT molecular complexity index is 595. The monoisotopic (exact) mass is 326 g/mol. The lowest BCUT2D eigenvalue weighted by Gasteiger charge is -2.32. The zero-order chi connectivity index (χ0) is 15.4. The van der Waals surface area contributed by atoms with Gasteiger partial charge in [0.05, 0.1) is 19.3 Å². The molecule has 0 amide bonds. The van der Waals surface area contributed by atoms with Crippen molar-refractivity contribution in [2.75, 3.05) is 19.7 Å². The summed E-state index contributed by atoms with van der Waals surface area (Å²) in [5.41, 5.74) is 0.849. The van der Waals surface area contributed by atoms with Gasteiger partial charge in [0.25, 0.3) is 0 Å². The molecule has 1 saturated heterocycles. The van der Waals surface area contributed by atoms with Crippen LogP contribution in [0.3, 0.4) is 0 Å². The van der Waals surface area contributed by atoms with Gasteiger partial charge < -0.3 is 9.47 Å². The molecule has 0 N–H and O–H groups in total. The van der Waals surface area contributed by atoms with Crippen LogP contribution in [0.15, 0.2) is 35.8 Å². The largest absolute Gasteiger partial charge is 0.435 e. The summed E-state index contributed by atoms with van der Waals surface area (Å²) in [6.07, 6.45) is 1.65. The maximum absolute atomic E-state index is 12.3. The van der Waals surface area contributed by atoms with Gasteiger partial charge in [-0.05, 0) is 17.7 Å². The molecule has 0 unspecified atom stereocenters. The van der Waals surface area contributed by atoms with E-state index in [1.54, 1.807) is 29.7 Å². The van der Waals surface area contributed by atoms with Crippen LogP contribution in [0.5, 0.6) is 5.75 Å². The van der Waals surface area contributed by atoms with Crippen LogP contribution in [-0.2, 0) is 11.3 Å². The number of halogens is 2. The molecule has 118 valence electrons. The van der Waals surface area contributed by atoms with Crippen LogP contribution in [0.4, 0.5) is 8.78 Å². The van der Waals surface area contributed by atoms with Crippen molar-refractivity contribution >= 4 is 11.3 Å². The third-order valence-electron chi connectivity index (χ3n) is 3.45. The molecule has 1 fully saturated rings. The van der Waals surface area contributed by atoms with E-state index in [4.69, 9.17) is 4.74 Å². The first kappa shape index (κ1) is 15.3. The van der Waals surface area contributed by atoms with Crippen LogP contribution < -0.4 is 4.74 Å². The van der Waals surface area contributed by atoms with Crippen molar-refractivity contribution in [3.05, 3.63) is 46.4 Å². The van der Waals surface area contributed by atoms with Crippen molar-refractivity contribution in [1.82, 2.24) is 9.88 Å². The van der Waals surface area contributed by atoms with Crippen LogP contribution >= 0.6 is 11.3 Å². The molecule has 3 rings (SSSR count). The van der Waals surface area contributed by atoms with E-state index in [0.717, 1.165) is 23.7 Å². The topological polar surface area (TPSA) is 34.6 Å². The number of hydrogen-bond acceptors (Lipinski definition) is 5. The third kappa shape index (κ3) is 4.00. The first-order valence-corrected chi connectivity index (χ1v) is 7.86. The molecule has 1 aliphatic rings. The molecule has 0 spiro atoms. The molecule has 1 aromatic heterocycles. The number of alkyl halides is 2. The Labute approximate surface area is 131 Å². The minimum atomic E-state index is -2.82. The molecule has 1 atom stereocenters. The van der Waals surface area contributed by atoms with E-state index in [2.05, 4.69) is 14.6 Å². The van der Waals surface area contributed by atoms with Gasteiger partial charge in [0.15, 0.2) is 0 Å². The summed E-state index contributed by atoms with van der Waals surface area (Å²) >= 11 is 1.63. The number of morpholine rings is 1. The summed E-state index contributed by atoms with van der Waals surface area (Å²) in [5, 5.41) is 3.02. The molecule has 1 aromatic carbocycles. The Balaban J connectivity index is 1.66. The second kappa shape index (κ2) is 7.13. The van der Waals surface area contributed by atoms with Gasteiger partial charge in [-0.1, -0.05) is 12.1 Å². The highest BCUT2D eigenvalue weighted by Crippen LogP contribution is 2.27. The van der Waals surface area contributed by atoms with E-state index in [1.807, 2.05) is 11.4 Å². The van der Waals surface area contributed by atoms with Crippen LogP contribution in [0.2, 0.25) is 0 Å². The summed E-state index contributed by atoms with van der Waals surface area (Å²) in [5.74, 6) is 0.160. The number of benzene rings is 1. The van der Waals surface area contributed by atoms with Gasteiger partial charge in [0.1, 0.15) is 10.8 Å². The summed E-state index contributed by atoms with van der Waals surface area (Å²) < 4.78 is 34.8. The summed E-state index contributed by atoms with van der Waals surface area (Å²) in [4.78, 5) is 6.55. The van der Waals surface area contributed by atoms with Crippen molar-refractivity contribution in [2.45, 2.75) is 19.3 Å². The second-order valence-electron chi connectivity index (χ2n) is 4.97. The Morgan fingerprint density at radius 1 is 1.45 bits per heavy atom. The Hall–Kier alpha value is -1.57. The first-order valence-electron chi connectivity index (χ1n) is 6.98. The van der Waals surface area contributed by atoms with Gasteiger partial charge in [0.2, 0.25) is 0 Å². The molecule has 4 nitrogen and oxygen atoms in total. The minimum Gasteiger partial charge on any atom is -0.435 e. The second-order valence-corrected chi connectivity index (χ2v) is 5.95. The van der Waals surface area contributed by atoms with Crippen molar-refractivity contribution < 1.29 is 18.3 Å². The van der Waals surface area contributed by atoms with Crippen LogP contribution in [0.1, 0.15) is 16.7 Å². The van der Waals surface area contributed by atoms with E-state index in [1.165, 1.54) is 6.07 Å². The lowest BCUT2D eigenvalue weighted by atomic mass is 10.1. The quantitative estimate of drug-likeness (QED) is 0.844. The molecular weight excluding hydrogens is 310 g/mol. The van der Waals surface area contributed by atoms with Crippen LogP contribution in [-0.4, -0.2) is 36.2 Å². The van der Waals surface area contributed by atoms with Crippen molar-refractivity contribution in [1.29, 1.82) is 0 Å². The molecule has 0 aliphatic carbocycles. The first-order chi connectivity index (χ1) is 10.7. The highest BCUT2D eigenvalue weighted by Gasteiger charge is 2.23. The molecule has 0 bridgehead atoms. The fraction of sp³-hybridized carbons (Fsp3) is 0.400. The van der Waals surface area contributed by atoms with Crippen LogP contribution in [0.25, 0.3) is 0 Å².